The lowest BCUT2D eigenvalue weighted by molar-refractivity contribution is -0.118. The molecular formula is C34H35ClFN7O2. The number of hydrogen-bond acceptors (Lipinski definition) is 7. The number of piperidine rings is 1. The minimum absolute atomic E-state index is 0.146. The van der Waals surface area contributed by atoms with Crippen LogP contribution in [0.2, 0.25) is 5.02 Å². The zero-order valence-corrected chi connectivity index (χ0v) is 26.1. The average molecular weight is 628 g/mol. The summed E-state index contributed by atoms with van der Waals surface area (Å²) in [6.45, 7) is 12.6. The van der Waals surface area contributed by atoms with Gasteiger partial charge in [-0.05, 0) is 73.2 Å². The Morgan fingerprint density at radius 1 is 1.18 bits per heavy atom. The molecule has 2 aromatic carbocycles. The number of rotatable bonds is 9. The summed E-state index contributed by atoms with van der Waals surface area (Å²) in [4.78, 5) is 25.1. The van der Waals surface area contributed by atoms with Crippen LogP contribution >= 0.6 is 11.6 Å². The van der Waals surface area contributed by atoms with Crippen LogP contribution in [0.5, 0.6) is 11.6 Å². The summed E-state index contributed by atoms with van der Waals surface area (Å²) in [6, 6.07) is 12.6. The van der Waals surface area contributed by atoms with Crippen LogP contribution in [0.15, 0.2) is 61.1 Å². The second-order valence-electron chi connectivity index (χ2n) is 11.9. The number of aryl methyl sites for hydroxylation is 2. The molecule has 232 valence electrons. The van der Waals surface area contributed by atoms with E-state index in [1.54, 1.807) is 12.4 Å². The van der Waals surface area contributed by atoms with Crippen LogP contribution < -0.4 is 15.0 Å². The number of benzene rings is 2. The molecule has 0 aliphatic carbocycles. The highest BCUT2D eigenvalue weighted by atomic mass is 35.5. The number of aromatic nitrogens is 3. The number of ether oxygens (including phenoxy) is 1. The van der Waals surface area contributed by atoms with Crippen LogP contribution in [-0.4, -0.2) is 51.5 Å². The fourth-order valence-electron chi connectivity index (χ4n) is 6.65. The Morgan fingerprint density at radius 3 is 2.76 bits per heavy atom. The van der Waals surface area contributed by atoms with Gasteiger partial charge in [-0.1, -0.05) is 24.2 Å². The summed E-state index contributed by atoms with van der Waals surface area (Å²) >= 11 is 6.21. The van der Waals surface area contributed by atoms with Gasteiger partial charge in [0.25, 0.3) is 5.88 Å². The van der Waals surface area contributed by atoms with E-state index in [0.29, 0.717) is 53.6 Å². The molecule has 0 bridgehead atoms. The monoisotopic (exact) mass is 627 g/mol. The predicted molar refractivity (Wildman–Crippen MR) is 172 cm³/mol. The van der Waals surface area contributed by atoms with Crippen LogP contribution in [0.4, 0.5) is 10.2 Å². The lowest BCUT2D eigenvalue weighted by Gasteiger charge is -2.34. The molecule has 11 heteroatoms. The van der Waals surface area contributed by atoms with Gasteiger partial charge in [0.05, 0.1) is 5.02 Å². The molecule has 2 atom stereocenters. The van der Waals surface area contributed by atoms with Gasteiger partial charge in [-0.15, -0.1) is 0 Å². The molecule has 0 spiro atoms. The van der Waals surface area contributed by atoms with Gasteiger partial charge in [-0.2, -0.15) is 5.26 Å². The maximum atomic E-state index is 13.6. The maximum absolute atomic E-state index is 13.6. The minimum Gasteiger partial charge on any atom is -0.434 e. The molecule has 1 amide bonds. The van der Waals surface area contributed by atoms with Crippen molar-refractivity contribution in [3.8, 4) is 17.7 Å². The van der Waals surface area contributed by atoms with E-state index in [4.69, 9.17) is 16.3 Å². The van der Waals surface area contributed by atoms with E-state index in [1.165, 1.54) is 36.2 Å². The Labute approximate surface area is 266 Å². The Hall–Kier alpha value is -4.46. The van der Waals surface area contributed by atoms with Gasteiger partial charge >= 0.3 is 0 Å². The number of allylic oxidation sites excluding steroid dienone is 1. The Bertz CT molecular complexity index is 1820. The number of nitrogens with zero attached hydrogens (tertiary/aromatic N) is 6. The first-order valence-electron chi connectivity index (χ1n) is 15.1. The average Bonchev–Trinajstić information content (AvgIpc) is 3.60. The van der Waals surface area contributed by atoms with E-state index < -0.39 is 5.82 Å². The number of halogens is 2. The van der Waals surface area contributed by atoms with Gasteiger partial charge in [0.15, 0.2) is 5.82 Å². The topological polar surface area (TPSA) is 99.3 Å². The molecule has 0 radical (unpaired) electrons. The van der Waals surface area contributed by atoms with Crippen molar-refractivity contribution in [3.05, 3.63) is 88.7 Å². The first-order valence-corrected chi connectivity index (χ1v) is 15.5. The molecule has 2 aliphatic rings. The first-order chi connectivity index (χ1) is 21.7. The highest BCUT2D eigenvalue weighted by Crippen LogP contribution is 2.39. The van der Waals surface area contributed by atoms with Gasteiger partial charge in [-0.3, -0.25) is 9.69 Å². The van der Waals surface area contributed by atoms with Crippen LogP contribution in [0.25, 0.3) is 10.9 Å². The van der Waals surface area contributed by atoms with Gasteiger partial charge in [0, 0.05) is 75.1 Å². The Kier molecular flexibility index (Phi) is 8.74. The lowest BCUT2D eigenvalue weighted by atomic mass is 9.88. The molecular weight excluding hydrogens is 593 g/mol. The van der Waals surface area contributed by atoms with Crippen molar-refractivity contribution >= 4 is 34.2 Å². The third kappa shape index (κ3) is 6.51. The van der Waals surface area contributed by atoms with E-state index in [2.05, 4.69) is 56.8 Å². The van der Waals surface area contributed by atoms with Crippen LogP contribution in [0.1, 0.15) is 36.6 Å². The molecule has 0 saturated carbocycles. The minimum atomic E-state index is -0.429. The highest BCUT2D eigenvalue weighted by Gasteiger charge is 2.38. The second-order valence-corrected chi connectivity index (χ2v) is 12.3. The van der Waals surface area contributed by atoms with Gasteiger partial charge in [-0.25, -0.2) is 14.4 Å². The van der Waals surface area contributed by atoms with Gasteiger partial charge in [0.1, 0.15) is 23.3 Å². The summed E-state index contributed by atoms with van der Waals surface area (Å²) in [6.07, 6.45) is 4.87. The predicted octanol–water partition coefficient (Wildman–Crippen LogP) is 6.19. The molecule has 2 fully saturated rings. The number of nitrogens with one attached hydrogen (secondary N) is 1. The molecule has 9 nitrogen and oxygen atoms in total. The first kappa shape index (κ1) is 30.6. The van der Waals surface area contributed by atoms with E-state index in [1.807, 2.05) is 10.6 Å². The largest absolute Gasteiger partial charge is 0.434 e. The fourth-order valence-corrected chi connectivity index (χ4v) is 6.86. The van der Waals surface area contributed by atoms with Crippen molar-refractivity contribution in [2.24, 2.45) is 11.8 Å². The molecule has 2 saturated heterocycles. The summed E-state index contributed by atoms with van der Waals surface area (Å²) in [5.41, 5.74) is 4.68. The second kappa shape index (κ2) is 12.9. The molecule has 2 aliphatic heterocycles. The molecule has 45 heavy (non-hydrogen) atoms. The number of carbonyl (C=O) groups excluding carboxylic acids is 1. The summed E-state index contributed by atoms with van der Waals surface area (Å²) < 4.78 is 21.6. The van der Waals surface area contributed by atoms with E-state index in [-0.39, 0.29) is 10.9 Å². The van der Waals surface area contributed by atoms with E-state index in [0.717, 1.165) is 50.0 Å². The lowest BCUT2D eigenvalue weighted by Crippen LogP contribution is -2.39. The molecule has 2 unspecified atom stereocenters. The van der Waals surface area contributed by atoms with Gasteiger partial charge in [0.2, 0.25) is 5.91 Å². The zero-order chi connectivity index (χ0) is 31.7. The summed E-state index contributed by atoms with van der Waals surface area (Å²) in [7, 11) is 0. The number of anilines is 1. The van der Waals surface area contributed by atoms with Crippen molar-refractivity contribution in [2.45, 2.75) is 39.8 Å². The third-order valence-corrected chi connectivity index (χ3v) is 9.19. The highest BCUT2D eigenvalue weighted by molar-refractivity contribution is 6.32. The molecule has 4 heterocycles. The maximum Gasteiger partial charge on any atom is 0.263 e. The number of hydrogen-bond donors (Lipinski definition) is 1. The van der Waals surface area contributed by atoms with Crippen LogP contribution in [-0.2, 0) is 17.9 Å². The van der Waals surface area contributed by atoms with Crippen molar-refractivity contribution in [3.63, 3.8) is 0 Å². The van der Waals surface area contributed by atoms with Crippen molar-refractivity contribution in [1.82, 2.24) is 24.8 Å². The van der Waals surface area contributed by atoms with E-state index in [9.17, 15) is 14.4 Å². The quantitative estimate of drug-likeness (QED) is 0.236. The SMILES string of the molecule is C=C(CCn1c(C#N)cc2c(C)c(CN3CCC4CN(c5nccnc5Oc5ccc(F)cc5Cl)CC4C3)ccc21)NC(C)=O. The van der Waals surface area contributed by atoms with Crippen molar-refractivity contribution in [2.75, 3.05) is 31.1 Å². The zero-order valence-electron chi connectivity index (χ0n) is 25.4. The Morgan fingerprint density at radius 2 is 1.98 bits per heavy atom. The fraction of sp³-hybridized carbons (Fsp3) is 0.353. The normalized spacial score (nSPS) is 18.1. The molecule has 4 aromatic rings. The number of carbonyl (C=O) groups is 1. The number of nitriles is 1. The summed E-state index contributed by atoms with van der Waals surface area (Å²) in [5, 5.41) is 13.8. The third-order valence-electron chi connectivity index (χ3n) is 8.90. The smallest absolute Gasteiger partial charge is 0.263 e. The van der Waals surface area contributed by atoms with Crippen molar-refractivity contribution in [1.29, 1.82) is 5.26 Å². The number of amides is 1. The van der Waals surface area contributed by atoms with Crippen LogP contribution in [0, 0.1) is 35.9 Å². The van der Waals surface area contributed by atoms with Crippen molar-refractivity contribution < 1.29 is 13.9 Å². The number of likely N-dealkylation sites (tertiary alicyclic amines) is 1. The standard InChI is InChI=1S/C34H35ClFN7O2/c1-21(40-23(3)44)8-13-43-28(16-37)15-29-22(2)24(4-6-31(29)43)17-41-12-9-25-19-42(20-26(25)18-41)33-34(39-11-10-38-33)45-32-7-5-27(36)14-30(32)35/h4-7,10-11,14-15,25-26H,1,8-9,12-13,17-20H2,2-3H3,(H,40,44). The van der Waals surface area contributed by atoms with Gasteiger partial charge < -0.3 is 19.5 Å². The molecule has 2 aromatic heterocycles. The summed E-state index contributed by atoms with van der Waals surface area (Å²) in [5.74, 6) is 1.79. The molecule has 6 rings (SSSR count). The van der Waals surface area contributed by atoms with Crippen LogP contribution in [0.3, 0.4) is 0 Å². The molecule has 1 N–H and O–H groups in total. The number of fused-ring (bicyclic) bond motifs is 2. The Balaban J connectivity index is 1.14. The van der Waals surface area contributed by atoms with E-state index >= 15 is 0 Å².